The Morgan fingerprint density at radius 1 is 1.08 bits per heavy atom. The van der Waals surface area contributed by atoms with Crippen molar-refractivity contribution < 1.29 is 23.5 Å². The number of furan rings is 1. The van der Waals surface area contributed by atoms with Crippen LogP contribution in [-0.2, 0) is 16.0 Å². The summed E-state index contributed by atoms with van der Waals surface area (Å²) in [6, 6.07) is 11.5. The van der Waals surface area contributed by atoms with Gasteiger partial charge in [-0.05, 0) is 84.7 Å². The van der Waals surface area contributed by atoms with Crippen LogP contribution in [0.1, 0.15) is 59.9 Å². The lowest BCUT2D eigenvalue weighted by Gasteiger charge is -2.40. The van der Waals surface area contributed by atoms with Crippen LogP contribution in [0.4, 0.5) is 9.59 Å². The van der Waals surface area contributed by atoms with E-state index in [2.05, 4.69) is 4.98 Å². The quantitative estimate of drug-likeness (QED) is 0.394. The standard InChI is InChI=1S/C29H37N3O5/c1-28(2,3)36-26(33)31-14-9-10-23(19-31)32(27(34)37-29(4,5)6)18-22-17-21(24-11-7-8-13-30-24)16-20-12-15-35-25(20)22/h7-8,11-13,15-17,23H,9-10,14,18-19H2,1-6H3. The van der Waals surface area contributed by atoms with E-state index in [0.717, 1.165) is 35.0 Å². The van der Waals surface area contributed by atoms with Gasteiger partial charge in [0.2, 0.25) is 0 Å². The van der Waals surface area contributed by atoms with Crippen molar-refractivity contribution in [1.82, 2.24) is 14.8 Å². The maximum Gasteiger partial charge on any atom is 0.410 e. The molecule has 0 N–H and O–H groups in total. The third-order valence-electron chi connectivity index (χ3n) is 6.05. The van der Waals surface area contributed by atoms with Crippen molar-refractivity contribution in [3.63, 3.8) is 0 Å². The van der Waals surface area contributed by atoms with Crippen molar-refractivity contribution in [1.29, 1.82) is 0 Å². The SMILES string of the molecule is CC(C)(C)OC(=O)N1CCCC(N(Cc2cc(-c3ccccn3)cc3ccoc23)C(=O)OC(C)(C)C)C1. The van der Waals surface area contributed by atoms with Crippen LogP contribution >= 0.6 is 0 Å². The van der Waals surface area contributed by atoms with Gasteiger partial charge in [0.15, 0.2) is 0 Å². The molecule has 0 spiro atoms. The fourth-order valence-corrected chi connectivity index (χ4v) is 4.50. The molecule has 2 aromatic heterocycles. The van der Waals surface area contributed by atoms with Gasteiger partial charge in [-0.25, -0.2) is 9.59 Å². The van der Waals surface area contributed by atoms with E-state index in [9.17, 15) is 9.59 Å². The highest BCUT2D eigenvalue weighted by Crippen LogP contribution is 2.30. The van der Waals surface area contributed by atoms with Gasteiger partial charge in [0.25, 0.3) is 0 Å². The minimum absolute atomic E-state index is 0.236. The molecule has 8 heteroatoms. The Morgan fingerprint density at radius 3 is 2.51 bits per heavy atom. The Kier molecular flexibility index (Phi) is 7.48. The van der Waals surface area contributed by atoms with Crippen LogP contribution < -0.4 is 0 Å². The topological polar surface area (TPSA) is 85.1 Å². The van der Waals surface area contributed by atoms with Crippen molar-refractivity contribution in [2.75, 3.05) is 13.1 Å². The Hall–Kier alpha value is -3.55. The number of carbonyl (C=O) groups is 2. The average molecular weight is 508 g/mol. The highest BCUT2D eigenvalue weighted by atomic mass is 16.6. The maximum absolute atomic E-state index is 13.5. The number of amides is 2. The molecule has 1 aliphatic heterocycles. The summed E-state index contributed by atoms with van der Waals surface area (Å²) < 4.78 is 17.3. The van der Waals surface area contributed by atoms with E-state index in [1.807, 2.05) is 77.9 Å². The number of benzene rings is 1. The number of nitrogens with zero attached hydrogens (tertiary/aromatic N) is 3. The molecule has 3 aromatic rings. The first kappa shape index (κ1) is 26.5. The summed E-state index contributed by atoms with van der Waals surface area (Å²) >= 11 is 0. The number of ether oxygens (including phenoxy) is 2. The number of rotatable bonds is 4. The predicted octanol–water partition coefficient (Wildman–Crippen LogP) is 6.63. The number of likely N-dealkylation sites (tertiary alicyclic amines) is 1. The number of piperidine rings is 1. The van der Waals surface area contributed by atoms with E-state index in [4.69, 9.17) is 13.9 Å². The van der Waals surface area contributed by atoms with E-state index in [1.165, 1.54) is 0 Å². The molecular weight excluding hydrogens is 470 g/mol. The van der Waals surface area contributed by atoms with E-state index in [1.54, 1.807) is 22.3 Å². The summed E-state index contributed by atoms with van der Waals surface area (Å²) in [6.45, 7) is 12.3. The van der Waals surface area contributed by atoms with E-state index < -0.39 is 17.3 Å². The zero-order valence-electron chi connectivity index (χ0n) is 22.6. The molecule has 8 nitrogen and oxygen atoms in total. The van der Waals surface area contributed by atoms with E-state index in [-0.39, 0.29) is 18.7 Å². The van der Waals surface area contributed by atoms with Crippen LogP contribution in [0.25, 0.3) is 22.2 Å². The molecule has 1 atom stereocenters. The second-order valence-corrected chi connectivity index (χ2v) is 11.5. The minimum Gasteiger partial charge on any atom is -0.464 e. The van der Waals surface area contributed by atoms with Gasteiger partial charge in [-0.15, -0.1) is 0 Å². The normalized spacial score (nSPS) is 16.5. The molecule has 198 valence electrons. The summed E-state index contributed by atoms with van der Waals surface area (Å²) in [6.07, 6.45) is 4.12. The van der Waals surface area contributed by atoms with Gasteiger partial charge in [0.1, 0.15) is 16.8 Å². The van der Waals surface area contributed by atoms with Crippen LogP contribution in [0.15, 0.2) is 53.3 Å². The summed E-state index contributed by atoms with van der Waals surface area (Å²) in [5.41, 5.74) is 2.09. The molecule has 0 bridgehead atoms. The Bertz CT molecular complexity index is 1240. The fourth-order valence-electron chi connectivity index (χ4n) is 4.50. The van der Waals surface area contributed by atoms with E-state index >= 15 is 0 Å². The Morgan fingerprint density at radius 2 is 1.84 bits per heavy atom. The molecule has 0 aliphatic carbocycles. The van der Waals surface area contributed by atoms with Gasteiger partial charge in [0, 0.05) is 35.8 Å². The van der Waals surface area contributed by atoms with Crippen molar-refractivity contribution in [2.24, 2.45) is 0 Å². The second-order valence-electron chi connectivity index (χ2n) is 11.5. The zero-order chi connectivity index (χ0) is 26.8. The number of pyridine rings is 1. The van der Waals surface area contributed by atoms with Gasteiger partial charge >= 0.3 is 12.2 Å². The van der Waals surface area contributed by atoms with Gasteiger partial charge in [-0.3, -0.25) is 9.88 Å². The molecule has 1 fully saturated rings. The lowest BCUT2D eigenvalue weighted by molar-refractivity contribution is -0.00728. The Balaban J connectivity index is 1.67. The maximum atomic E-state index is 13.5. The van der Waals surface area contributed by atoms with Crippen molar-refractivity contribution in [2.45, 2.75) is 78.2 Å². The molecular formula is C29H37N3O5. The number of aromatic nitrogens is 1. The van der Waals surface area contributed by atoms with Crippen LogP contribution in [-0.4, -0.2) is 57.3 Å². The molecule has 1 saturated heterocycles. The van der Waals surface area contributed by atoms with Gasteiger partial charge in [0.05, 0.1) is 24.5 Å². The third-order valence-corrected chi connectivity index (χ3v) is 6.05. The number of hydrogen-bond acceptors (Lipinski definition) is 6. The van der Waals surface area contributed by atoms with Crippen LogP contribution in [0.3, 0.4) is 0 Å². The average Bonchev–Trinajstić information content (AvgIpc) is 3.30. The smallest absolute Gasteiger partial charge is 0.410 e. The lowest BCUT2D eigenvalue weighted by Crippen LogP contribution is -2.53. The number of hydrogen-bond donors (Lipinski definition) is 0. The highest BCUT2D eigenvalue weighted by molar-refractivity contribution is 5.86. The van der Waals surface area contributed by atoms with Crippen molar-refractivity contribution in [3.8, 4) is 11.3 Å². The minimum atomic E-state index is -0.662. The number of carbonyl (C=O) groups excluding carboxylic acids is 2. The number of fused-ring (bicyclic) bond motifs is 1. The first-order chi connectivity index (χ1) is 17.4. The molecule has 1 aromatic carbocycles. The predicted molar refractivity (Wildman–Crippen MR) is 142 cm³/mol. The second kappa shape index (κ2) is 10.4. The zero-order valence-corrected chi connectivity index (χ0v) is 22.6. The first-order valence-electron chi connectivity index (χ1n) is 12.8. The van der Waals surface area contributed by atoms with Gasteiger partial charge < -0.3 is 18.8 Å². The Labute approximate surface area is 218 Å². The first-order valence-corrected chi connectivity index (χ1v) is 12.8. The monoisotopic (exact) mass is 507 g/mol. The summed E-state index contributed by atoms with van der Waals surface area (Å²) in [4.78, 5) is 34.3. The molecule has 4 rings (SSSR count). The van der Waals surface area contributed by atoms with Crippen molar-refractivity contribution in [3.05, 3.63) is 54.4 Å². The third kappa shape index (κ3) is 6.81. The van der Waals surface area contributed by atoms with Crippen LogP contribution in [0.2, 0.25) is 0 Å². The molecule has 0 saturated carbocycles. The molecule has 2 amide bonds. The van der Waals surface area contributed by atoms with Crippen LogP contribution in [0.5, 0.6) is 0 Å². The van der Waals surface area contributed by atoms with Gasteiger partial charge in [-0.2, -0.15) is 0 Å². The summed E-state index contributed by atoms with van der Waals surface area (Å²) in [7, 11) is 0. The molecule has 37 heavy (non-hydrogen) atoms. The van der Waals surface area contributed by atoms with Gasteiger partial charge in [-0.1, -0.05) is 6.07 Å². The molecule has 1 unspecified atom stereocenters. The molecule has 3 heterocycles. The lowest BCUT2D eigenvalue weighted by atomic mass is 10.0. The largest absolute Gasteiger partial charge is 0.464 e. The molecule has 1 aliphatic rings. The highest BCUT2D eigenvalue weighted by Gasteiger charge is 2.35. The molecule has 0 radical (unpaired) electrons. The fraction of sp³-hybridized carbons (Fsp3) is 0.483. The summed E-state index contributed by atoms with van der Waals surface area (Å²) in [5.74, 6) is 0. The van der Waals surface area contributed by atoms with E-state index in [0.29, 0.717) is 18.7 Å². The van der Waals surface area contributed by atoms with Crippen LogP contribution in [0, 0.1) is 0 Å². The van der Waals surface area contributed by atoms with Crippen molar-refractivity contribution >= 4 is 23.2 Å². The summed E-state index contributed by atoms with van der Waals surface area (Å²) in [5, 5.41) is 0.932.